The van der Waals surface area contributed by atoms with Crippen molar-refractivity contribution < 1.29 is 4.79 Å². The summed E-state index contributed by atoms with van der Waals surface area (Å²) in [6.45, 7) is 9.70. The molecule has 0 radical (unpaired) electrons. The van der Waals surface area contributed by atoms with E-state index in [0.717, 1.165) is 0 Å². The van der Waals surface area contributed by atoms with Gasteiger partial charge in [-0.3, -0.25) is 4.79 Å². The van der Waals surface area contributed by atoms with Gasteiger partial charge in [0.25, 0.3) is 0 Å². The Morgan fingerprint density at radius 3 is 1.32 bits per heavy atom. The molecule has 1 atom stereocenters. The molecule has 0 spiro atoms. The van der Waals surface area contributed by atoms with Gasteiger partial charge in [0, 0.05) is 25.7 Å². The van der Waals surface area contributed by atoms with Crippen molar-refractivity contribution in [3.05, 3.63) is 12.2 Å². The molecule has 0 aromatic heterocycles. The number of hydrogen-bond acceptors (Lipinski definition) is 2. The van der Waals surface area contributed by atoms with E-state index in [-0.39, 0.29) is 22.9 Å². The highest BCUT2D eigenvalue weighted by molar-refractivity contribution is 8.93. The van der Waals surface area contributed by atoms with E-state index in [1.807, 2.05) is 0 Å². The molecule has 2 N–H and O–H groups in total. The number of likely N-dealkylation sites (N-methyl/N-ethyl adjacent to an activating group) is 1. The lowest BCUT2D eigenvalue weighted by atomic mass is 10.0. The van der Waals surface area contributed by atoms with Crippen LogP contribution in [0.25, 0.3) is 0 Å². The summed E-state index contributed by atoms with van der Waals surface area (Å²) < 4.78 is 0. The Morgan fingerprint density at radius 2 is 1.06 bits per heavy atom. The first-order valence-corrected chi connectivity index (χ1v) is 13.0. The van der Waals surface area contributed by atoms with E-state index in [2.05, 4.69) is 20.4 Å². The third-order valence-electron chi connectivity index (χ3n) is 5.61. The minimum Gasteiger partial charge on any atom is -0.345 e. The zero-order valence-electron chi connectivity index (χ0n) is 21.9. The quantitative estimate of drug-likeness (QED) is 0.141. The minimum absolute atomic E-state index is 0. The zero-order chi connectivity index (χ0) is 23.0. The number of nitrogens with two attached hydrogens (primary N) is 1. The van der Waals surface area contributed by atoms with Crippen LogP contribution < -0.4 is 5.73 Å². The standard InChI is InChI=1S/C21H45N.C6H11NO.BrH/c1-3-5-6-7-8-9-10-11-12-13-14-15-16-17-18-20-21(22)19-4-2;1-5(2)6(8)7(3)4;/h21H,3-20,22H2,1-2H3;1H2,2-4H3;1H. The average molecular weight is 506 g/mol. The SMILES string of the molecule is Br.C=C(C)C(=O)N(C)C.CCCCCCCCCCCCCCCCCC(N)CCC. The van der Waals surface area contributed by atoms with Crippen molar-refractivity contribution in [3.63, 3.8) is 0 Å². The van der Waals surface area contributed by atoms with Crippen molar-refractivity contribution in [2.24, 2.45) is 5.73 Å². The third kappa shape index (κ3) is 29.6. The molecule has 1 unspecified atom stereocenters. The fraction of sp³-hybridized carbons (Fsp3) is 0.889. The van der Waals surface area contributed by atoms with Crippen molar-refractivity contribution in [1.29, 1.82) is 0 Å². The third-order valence-corrected chi connectivity index (χ3v) is 5.61. The van der Waals surface area contributed by atoms with Gasteiger partial charge in [0.05, 0.1) is 0 Å². The average Bonchev–Trinajstić information content (AvgIpc) is 2.70. The maximum absolute atomic E-state index is 10.7. The number of carbonyl (C=O) groups is 1. The molecule has 188 valence electrons. The number of halogens is 1. The summed E-state index contributed by atoms with van der Waals surface area (Å²) in [5.41, 5.74) is 6.62. The highest BCUT2D eigenvalue weighted by Crippen LogP contribution is 2.14. The van der Waals surface area contributed by atoms with Crippen molar-refractivity contribution in [3.8, 4) is 0 Å². The van der Waals surface area contributed by atoms with Crippen LogP contribution in [0, 0.1) is 0 Å². The van der Waals surface area contributed by atoms with Crippen LogP contribution in [0.2, 0.25) is 0 Å². The van der Waals surface area contributed by atoms with E-state index in [4.69, 9.17) is 5.73 Å². The number of carbonyl (C=O) groups excluding carboxylic acids is 1. The lowest BCUT2D eigenvalue weighted by Gasteiger charge is -2.09. The van der Waals surface area contributed by atoms with Crippen molar-refractivity contribution in [2.45, 2.75) is 142 Å². The van der Waals surface area contributed by atoms with Crippen molar-refractivity contribution in [2.75, 3.05) is 14.1 Å². The summed E-state index contributed by atoms with van der Waals surface area (Å²) >= 11 is 0. The number of hydrogen-bond donors (Lipinski definition) is 1. The minimum atomic E-state index is -0.00926. The van der Waals surface area contributed by atoms with Gasteiger partial charge in [-0.2, -0.15) is 0 Å². The van der Waals surface area contributed by atoms with E-state index >= 15 is 0 Å². The Kier molecular flexibility index (Phi) is 31.5. The summed E-state index contributed by atoms with van der Waals surface area (Å²) in [7, 11) is 3.41. The van der Waals surface area contributed by atoms with Crippen LogP contribution in [-0.4, -0.2) is 30.9 Å². The first kappa shape index (κ1) is 35.2. The molecule has 0 aromatic rings. The van der Waals surface area contributed by atoms with Gasteiger partial charge in [0.15, 0.2) is 0 Å². The van der Waals surface area contributed by atoms with Gasteiger partial charge < -0.3 is 10.6 Å². The van der Waals surface area contributed by atoms with Crippen LogP contribution in [0.3, 0.4) is 0 Å². The summed E-state index contributed by atoms with van der Waals surface area (Å²) in [6, 6.07) is 0.465. The summed E-state index contributed by atoms with van der Waals surface area (Å²) in [6.07, 6.45) is 25.3. The molecule has 0 aliphatic carbocycles. The van der Waals surface area contributed by atoms with Crippen LogP contribution in [0.1, 0.15) is 136 Å². The molecule has 0 saturated heterocycles. The molecular formula is C27H57BrN2O. The Morgan fingerprint density at radius 1 is 0.710 bits per heavy atom. The Labute approximate surface area is 206 Å². The summed E-state index contributed by atoms with van der Waals surface area (Å²) in [4.78, 5) is 12.2. The van der Waals surface area contributed by atoms with Crippen molar-refractivity contribution in [1.82, 2.24) is 4.90 Å². The molecule has 0 aromatic carbocycles. The van der Waals surface area contributed by atoms with Crippen LogP contribution in [0.5, 0.6) is 0 Å². The number of unbranched alkanes of at least 4 members (excludes halogenated alkanes) is 14. The molecule has 3 nitrogen and oxygen atoms in total. The summed E-state index contributed by atoms with van der Waals surface area (Å²) in [5.74, 6) is -0.00926. The van der Waals surface area contributed by atoms with Gasteiger partial charge in [-0.15, -0.1) is 17.0 Å². The van der Waals surface area contributed by atoms with Crippen LogP contribution >= 0.6 is 17.0 Å². The second-order valence-electron chi connectivity index (χ2n) is 9.27. The Hall–Kier alpha value is -0.350. The van der Waals surface area contributed by atoms with Gasteiger partial charge in [0.2, 0.25) is 5.91 Å². The first-order valence-electron chi connectivity index (χ1n) is 13.0. The van der Waals surface area contributed by atoms with E-state index < -0.39 is 0 Å². The maximum Gasteiger partial charge on any atom is 0.248 e. The predicted molar refractivity (Wildman–Crippen MR) is 146 cm³/mol. The highest BCUT2D eigenvalue weighted by atomic mass is 79.9. The lowest BCUT2D eigenvalue weighted by Crippen LogP contribution is -2.21. The smallest absolute Gasteiger partial charge is 0.248 e. The molecule has 0 aliphatic rings. The van der Waals surface area contributed by atoms with E-state index in [0.29, 0.717) is 11.6 Å². The van der Waals surface area contributed by atoms with E-state index in [1.54, 1.807) is 21.0 Å². The van der Waals surface area contributed by atoms with Gasteiger partial charge in [-0.25, -0.2) is 0 Å². The van der Waals surface area contributed by atoms with Gasteiger partial charge in [0.1, 0.15) is 0 Å². The molecule has 0 bridgehead atoms. The van der Waals surface area contributed by atoms with Gasteiger partial charge >= 0.3 is 0 Å². The molecule has 0 rings (SSSR count). The van der Waals surface area contributed by atoms with Crippen LogP contribution in [0.4, 0.5) is 0 Å². The second-order valence-corrected chi connectivity index (χ2v) is 9.27. The van der Waals surface area contributed by atoms with E-state index in [9.17, 15) is 4.79 Å². The Bertz CT molecular complexity index is 385. The van der Waals surface area contributed by atoms with Gasteiger partial charge in [-0.05, 0) is 19.8 Å². The van der Waals surface area contributed by atoms with E-state index in [1.165, 1.54) is 120 Å². The number of nitrogens with zero attached hydrogens (tertiary/aromatic N) is 1. The van der Waals surface area contributed by atoms with Crippen molar-refractivity contribution >= 4 is 22.9 Å². The molecule has 0 aliphatic heterocycles. The number of rotatable bonds is 19. The highest BCUT2D eigenvalue weighted by Gasteiger charge is 2.01. The maximum atomic E-state index is 10.7. The number of amides is 1. The molecule has 31 heavy (non-hydrogen) atoms. The molecule has 0 fully saturated rings. The van der Waals surface area contributed by atoms with Gasteiger partial charge in [-0.1, -0.05) is 123 Å². The fourth-order valence-electron chi connectivity index (χ4n) is 3.67. The molecule has 4 heteroatoms. The zero-order valence-corrected chi connectivity index (χ0v) is 23.6. The van der Waals surface area contributed by atoms with Crippen LogP contribution in [0.15, 0.2) is 12.2 Å². The fourth-order valence-corrected chi connectivity index (χ4v) is 3.67. The largest absolute Gasteiger partial charge is 0.345 e. The molecular weight excluding hydrogens is 448 g/mol. The molecule has 0 saturated carbocycles. The lowest BCUT2D eigenvalue weighted by molar-refractivity contribution is -0.124. The first-order chi connectivity index (χ1) is 14.4. The molecule has 0 heterocycles. The normalized spacial score (nSPS) is 11.2. The topological polar surface area (TPSA) is 46.3 Å². The molecule has 1 amide bonds. The second kappa shape index (κ2) is 27.7. The predicted octanol–water partition coefficient (Wildman–Crippen LogP) is 8.60. The monoisotopic (exact) mass is 504 g/mol. The Balaban J connectivity index is -0.000000739. The summed E-state index contributed by atoms with van der Waals surface area (Å²) in [5, 5.41) is 0. The van der Waals surface area contributed by atoms with Crippen LogP contribution in [-0.2, 0) is 4.79 Å².